The van der Waals surface area contributed by atoms with Gasteiger partial charge in [-0.15, -0.1) is 0 Å². The third-order valence-electron chi connectivity index (χ3n) is 5.72. The molecule has 6 nitrogen and oxygen atoms in total. The SMILES string of the molecule is CCN(CC)CC1CCN([C@@H](C)C(=O)NCC(=O)Nc2ccc(F)c(F)c2F)CC1. The van der Waals surface area contributed by atoms with Crippen molar-refractivity contribution in [3.05, 3.63) is 29.6 Å². The van der Waals surface area contributed by atoms with E-state index in [1.165, 1.54) is 0 Å². The summed E-state index contributed by atoms with van der Waals surface area (Å²) < 4.78 is 39.8. The van der Waals surface area contributed by atoms with Gasteiger partial charge in [0.1, 0.15) is 0 Å². The summed E-state index contributed by atoms with van der Waals surface area (Å²) in [6.07, 6.45) is 2.04. The maximum atomic E-state index is 13.6. The maximum Gasteiger partial charge on any atom is 0.243 e. The summed E-state index contributed by atoms with van der Waals surface area (Å²) in [6, 6.07) is 1.25. The topological polar surface area (TPSA) is 64.7 Å². The van der Waals surface area contributed by atoms with Crippen LogP contribution in [0.1, 0.15) is 33.6 Å². The van der Waals surface area contributed by atoms with Crippen LogP contribution in [-0.2, 0) is 9.59 Å². The molecule has 0 aliphatic carbocycles. The average Bonchev–Trinajstić information content (AvgIpc) is 2.76. The number of rotatable bonds is 9. The Morgan fingerprint density at radius 1 is 1.13 bits per heavy atom. The van der Waals surface area contributed by atoms with Gasteiger partial charge in [-0.05, 0) is 64.0 Å². The average molecular weight is 428 g/mol. The Morgan fingerprint density at radius 3 is 2.37 bits per heavy atom. The van der Waals surface area contributed by atoms with Crippen LogP contribution in [0.4, 0.5) is 18.9 Å². The van der Waals surface area contributed by atoms with Gasteiger partial charge in [-0.2, -0.15) is 0 Å². The van der Waals surface area contributed by atoms with Crippen molar-refractivity contribution >= 4 is 17.5 Å². The molecule has 1 heterocycles. The standard InChI is InChI=1S/C21H31F3N4O2/c1-4-27(5-2)13-15-8-10-28(11-9-15)14(3)21(30)25-12-18(29)26-17-7-6-16(22)19(23)20(17)24/h6-7,14-15H,4-5,8-13H2,1-3H3,(H,25,30)(H,26,29)/t14-/m0/s1. The van der Waals surface area contributed by atoms with E-state index in [1.54, 1.807) is 6.92 Å². The van der Waals surface area contributed by atoms with E-state index >= 15 is 0 Å². The van der Waals surface area contributed by atoms with Crippen LogP contribution in [0.5, 0.6) is 0 Å². The molecule has 0 bridgehead atoms. The van der Waals surface area contributed by atoms with E-state index in [4.69, 9.17) is 0 Å². The molecule has 0 saturated carbocycles. The lowest BCUT2D eigenvalue weighted by Gasteiger charge is -2.37. The first kappa shape index (κ1) is 24.1. The molecule has 30 heavy (non-hydrogen) atoms. The number of piperidine rings is 1. The van der Waals surface area contributed by atoms with E-state index in [9.17, 15) is 22.8 Å². The lowest BCUT2D eigenvalue weighted by Crippen LogP contribution is -2.50. The second-order valence-electron chi connectivity index (χ2n) is 7.63. The van der Waals surface area contributed by atoms with Gasteiger partial charge in [0.25, 0.3) is 0 Å². The van der Waals surface area contributed by atoms with Crippen molar-refractivity contribution < 1.29 is 22.8 Å². The number of hydrogen-bond donors (Lipinski definition) is 2. The van der Waals surface area contributed by atoms with Crippen LogP contribution < -0.4 is 10.6 Å². The van der Waals surface area contributed by atoms with Crippen LogP contribution in [-0.4, -0.2) is 66.9 Å². The highest BCUT2D eigenvalue weighted by Gasteiger charge is 2.27. The highest BCUT2D eigenvalue weighted by molar-refractivity contribution is 5.95. The van der Waals surface area contributed by atoms with Gasteiger partial charge in [0.2, 0.25) is 11.8 Å². The zero-order valence-electron chi connectivity index (χ0n) is 17.8. The first-order chi connectivity index (χ1) is 14.3. The molecule has 1 fully saturated rings. The summed E-state index contributed by atoms with van der Waals surface area (Å²) in [5.74, 6) is -4.89. The molecule has 1 saturated heterocycles. The monoisotopic (exact) mass is 428 g/mol. The molecule has 2 N–H and O–H groups in total. The van der Waals surface area contributed by atoms with Crippen molar-refractivity contribution in [1.29, 1.82) is 0 Å². The van der Waals surface area contributed by atoms with E-state index in [0.717, 1.165) is 57.7 Å². The number of carbonyl (C=O) groups is 2. The molecular formula is C21H31F3N4O2. The lowest BCUT2D eigenvalue weighted by atomic mass is 9.95. The normalized spacial score (nSPS) is 16.5. The molecule has 0 spiro atoms. The first-order valence-corrected chi connectivity index (χ1v) is 10.4. The molecule has 1 aromatic carbocycles. The molecule has 2 rings (SSSR count). The number of nitrogens with one attached hydrogen (secondary N) is 2. The van der Waals surface area contributed by atoms with E-state index in [1.807, 2.05) is 0 Å². The molecule has 0 unspecified atom stereocenters. The Bertz CT molecular complexity index is 735. The van der Waals surface area contributed by atoms with Gasteiger partial charge in [0, 0.05) is 6.54 Å². The molecule has 1 aromatic rings. The predicted octanol–water partition coefficient (Wildman–Crippen LogP) is 2.60. The minimum absolute atomic E-state index is 0.307. The maximum absolute atomic E-state index is 13.6. The van der Waals surface area contributed by atoms with Crippen LogP contribution in [0.25, 0.3) is 0 Å². The fraction of sp³-hybridized carbons (Fsp3) is 0.619. The highest BCUT2D eigenvalue weighted by Crippen LogP contribution is 2.21. The lowest BCUT2D eigenvalue weighted by molar-refractivity contribution is -0.128. The van der Waals surface area contributed by atoms with Crippen LogP contribution in [0.2, 0.25) is 0 Å². The predicted molar refractivity (Wildman–Crippen MR) is 110 cm³/mol. The highest BCUT2D eigenvalue weighted by atomic mass is 19.2. The minimum atomic E-state index is -1.66. The van der Waals surface area contributed by atoms with Crippen molar-refractivity contribution in [2.24, 2.45) is 5.92 Å². The summed E-state index contributed by atoms with van der Waals surface area (Å²) in [7, 11) is 0. The Kier molecular flexibility index (Phi) is 9.10. The fourth-order valence-corrected chi connectivity index (χ4v) is 3.67. The smallest absolute Gasteiger partial charge is 0.243 e. The van der Waals surface area contributed by atoms with Gasteiger partial charge in [-0.1, -0.05) is 13.8 Å². The number of carbonyl (C=O) groups excluding carboxylic acids is 2. The van der Waals surface area contributed by atoms with Crippen molar-refractivity contribution in [2.75, 3.05) is 44.6 Å². The Balaban J connectivity index is 1.77. The molecule has 2 amide bonds. The van der Waals surface area contributed by atoms with E-state index in [2.05, 4.69) is 34.3 Å². The van der Waals surface area contributed by atoms with Crippen molar-refractivity contribution in [2.45, 2.75) is 39.7 Å². The number of anilines is 1. The zero-order valence-corrected chi connectivity index (χ0v) is 17.8. The molecule has 168 valence electrons. The van der Waals surface area contributed by atoms with E-state index in [-0.39, 0.29) is 12.5 Å². The summed E-state index contributed by atoms with van der Waals surface area (Å²) in [4.78, 5) is 28.8. The Labute approximate surface area is 175 Å². The van der Waals surface area contributed by atoms with Gasteiger partial charge in [0.15, 0.2) is 17.5 Å². The summed E-state index contributed by atoms with van der Waals surface area (Å²) in [5, 5.41) is 4.65. The van der Waals surface area contributed by atoms with Crippen molar-refractivity contribution in [3.63, 3.8) is 0 Å². The van der Waals surface area contributed by atoms with Crippen LogP contribution >= 0.6 is 0 Å². The summed E-state index contributed by atoms with van der Waals surface area (Å²) in [5.41, 5.74) is -0.475. The minimum Gasteiger partial charge on any atom is -0.346 e. The van der Waals surface area contributed by atoms with E-state index < -0.39 is 35.1 Å². The van der Waals surface area contributed by atoms with Gasteiger partial charge in [-0.3, -0.25) is 14.5 Å². The third kappa shape index (κ3) is 6.43. The number of hydrogen-bond acceptors (Lipinski definition) is 4. The molecule has 1 aliphatic heterocycles. The van der Waals surface area contributed by atoms with E-state index in [0.29, 0.717) is 5.92 Å². The van der Waals surface area contributed by atoms with Gasteiger partial charge < -0.3 is 15.5 Å². The molecule has 0 aromatic heterocycles. The van der Waals surface area contributed by atoms with Crippen LogP contribution in [0.3, 0.4) is 0 Å². The largest absolute Gasteiger partial charge is 0.346 e. The van der Waals surface area contributed by atoms with Gasteiger partial charge in [0.05, 0.1) is 18.3 Å². The summed E-state index contributed by atoms with van der Waals surface area (Å²) >= 11 is 0. The number of amides is 2. The molecule has 1 aliphatic rings. The van der Waals surface area contributed by atoms with Gasteiger partial charge in [-0.25, -0.2) is 13.2 Å². The van der Waals surface area contributed by atoms with Crippen molar-refractivity contribution in [1.82, 2.24) is 15.1 Å². The second kappa shape index (κ2) is 11.3. The number of nitrogens with zero attached hydrogens (tertiary/aromatic N) is 2. The molecule has 0 radical (unpaired) electrons. The van der Waals surface area contributed by atoms with Crippen molar-refractivity contribution in [3.8, 4) is 0 Å². The second-order valence-corrected chi connectivity index (χ2v) is 7.63. The number of halogens is 3. The fourth-order valence-electron chi connectivity index (χ4n) is 3.67. The molecular weight excluding hydrogens is 397 g/mol. The van der Waals surface area contributed by atoms with Gasteiger partial charge >= 0.3 is 0 Å². The Hall–Kier alpha value is -2.13. The quantitative estimate of drug-likeness (QED) is 0.594. The molecule has 9 heteroatoms. The number of benzene rings is 1. The van der Waals surface area contributed by atoms with Crippen LogP contribution in [0, 0.1) is 23.4 Å². The molecule has 1 atom stereocenters. The number of likely N-dealkylation sites (tertiary alicyclic amines) is 1. The van der Waals surface area contributed by atoms with Crippen LogP contribution in [0.15, 0.2) is 12.1 Å². The zero-order chi connectivity index (χ0) is 22.3. The third-order valence-corrected chi connectivity index (χ3v) is 5.72. The Morgan fingerprint density at radius 2 is 1.77 bits per heavy atom. The summed E-state index contributed by atoms with van der Waals surface area (Å²) in [6.45, 7) is 10.5. The first-order valence-electron chi connectivity index (χ1n) is 10.4.